The van der Waals surface area contributed by atoms with Gasteiger partial charge in [-0.3, -0.25) is 19.4 Å². The second-order valence-corrected chi connectivity index (χ2v) is 6.97. The van der Waals surface area contributed by atoms with Crippen molar-refractivity contribution in [3.8, 4) is 0 Å². The number of carbonyl (C=O) groups excluding carboxylic acids is 3. The highest BCUT2D eigenvalue weighted by atomic mass is 19.1. The predicted octanol–water partition coefficient (Wildman–Crippen LogP) is 3.17. The molecule has 0 saturated carbocycles. The molecule has 1 aliphatic rings. The zero-order valence-corrected chi connectivity index (χ0v) is 17.0. The number of nitrogens with zero attached hydrogens (tertiary/aromatic N) is 2. The number of hydrogen-bond donors (Lipinski definition) is 0. The number of halogens is 2. The van der Waals surface area contributed by atoms with Crippen LogP contribution in [0.4, 0.5) is 8.78 Å². The first-order valence-electron chi connectivity index (χ1n) is 9.71. The Morgan fingerprint density at radius 3 is 2.59 bits per heavy atom. The molecule has 1 amide bonds. The number of Topliss-reactive ketones (excluding diaryl/α,β-unsaturated/α-hetero) is 1. The maximum atomic E-state index is 14.1. The molecule has 0 aliphatic carbocycles. The third kappa shape index (κ3) is 5.28. The Kier molecular flexibility index (Phi) is 7.51. The van der Waals surface area contributed by atoms with Gasteiger partial charge in [0.05, 0.1) is 6.61 Å². The number of ether oxygens (including phenoxy) is 1. The first kappa shape index (κ1) is 22.9. The van der Waals surface area contributed by atoms with Crippen LogP contribution < -0.4 is 0 Å². The van der Waals surface area contributed by atoms with Crippen LogP contribution in [0.5, 0.6) is 0 Å². The van der Waals surface area contributed by atoms with E-state index >= 15 is 0 Å². The molecule has 1 unspecified atom stereocenters. The molecule has 164 valence electrons. The third-order valence-corrected chi connectivity index (χ3v) is 4.74. The fourth-order valence-electron chi connectivity index (χ4n) is 3.11. The second-order valence-electron chi connectivity index (χ2n) is 6.97. The standard InChI is InChI=1S/C24H20F2N2O4/c1-2-10-28(13-17-8-9-18(25)11-20(17)26)24(31)19-12-27-21(14-29)23(22(19)30)32-15-16-6-4-3-5-7-16/h2-9,11-12,14,23H,1,10,13,15H2. The fraction of sp³-hybridized carbons (Fsp3) is 0.167. The molecule has 3 rings (SSSR count). The van der Waals surface area contributed by atoms with Crippen LogP contribution in [-0.2, 0) is 32.3 Å². The average Bonchev–Trinajstić information content (AvgIpc) is 2.79. The monoisotopic (exact) mass is 438 g/mol. The first-order chi connectivity index (χ1) is 15.4. The number of amides is 1. The van der Waals surface area contributed by atoms with Gasteiger partial charge in [0, 0.05) is 30.9 Å². The van der Waals surface area contributed by atoms with Gasteiger partial charge in [0.1, 0.15) is 22.9 Å². The number of hydrogen-bond acceptors (Lipinski definition) is 5. The van der Waals surface area contributed by atoms with E-state index in [4.69, 9.17) is 4.74 Å². The number of aldehydes is 1. The van der Waals surface area contributed by atoms with Crippen molar-refractivity contribution < 1.29 is 27.9 Å². The van der Waals surface area contributed by atoms with Gasteiger partial charge >= 0.3 is 0 Å². The van der Waals surface area contributed by atoms with Gasteiger partial charge in [0.25, 0.3) is 5.91 Å². The van der Waals surface area contributed by atoms with Crippen molar-refractivity contribution in [3.63, 3.8) is 0 Å². The summed E-state index contributed by atoms with van der Waals surface area (Å²) in [7, 11) is 0. The molecule has 0 radical (unpaired) electrons. The van der Waals surface area contributed by atoms with Gasteiger partial charge in [-0.25, -0.2) is 8.78 Å². The molecule has 1 atom stereocenters. The van der Waals surface area contributed by atoms with Gasteiger partial charge in [-0.15, -0.1) is 6.58 Å². The minimum absolute atomic E-state index is 0.0000604. The highest BCUT2D eigenvalue weighted by Gasteiger charge is 2.36. The van der Waals surface area contributed by atoms with Crippen LogP contribution in [-0.4, -0.2) is 41.2 Å². The lowest BCUT2D eigenvalue weighted by atomic mass is 9.99. The van der Waals surface area contributed by atoms with Gasteiger partial charge in [-0.1, -0.05) is 42.5 Å². The van der Waals surface area contributed by atoms with E-state index in [1.807, 2.05) is 6.07 Å². The SMILES string of the molecule is C=CCN(Cc1ccc(F)cc1F)C(=O)C1=CN=C(C=O)C(OCc2ccccc2)C1=O. The largest absolute Gasteiger partial charge is 0.359 e. The molecule has 0 spiro atoms. The number of aliphatic imine (C=N–C) groups is 1. The van der Waals surface area contributed by atoms with E-state index in [2.05, 4.69) is 11.6 Å². The summed E-state index contributed by atoms with van der Waals surface area (Å²) in [5.74, 6) is -3.02. The quantitative estimate of drug-likeness (QED) is 0.342. The van der Waals surface area contributed by atoms with Crippen LogP contribution >= 0.6 is 0 Å². The Balaban J connectivity index is 1.81. The van der Waals surface area contributed by atoms with E-state index in [0.29, 0.717) is 12.4 Å². The van der Waals surface area contributed by atoms with Crippen LogP contribution in [0.25, 0.3) is 0 Å². The predicted molar refractivity (Wildman–Crippen MR) is 114 cm³/mol. The Bertz CT molecular complexity index is 1100. The molecule has 6 nitrogen and oxygen atoms in total. The molecule has 8 heteroatoms. The zero-order chi connectivity index (χ0) is 23.1. The zero-order valence-electron chi connectivity index (χ0n) is 17.0. The summed E-state index contributed by atoms with van der Waals surface area (Å²) < 4.78 is 32.9. The summed E-state index contributed by atoms with van der Waals surface area (Å²) in [6.45, 7) is 3.39. The van der Waals surface area contributed by atoms with E-state index in [0.717, 1.165) is 17.8 Å². The molecule has 2 aromatic carbocycles. The highest BCUT2D eigenvalue weighted by Crippen LogP contribution is 2.19. The van der Waals surface area contributed by atoms with Crippen molar-refractivity contribution >= 4 is 23.7 Å². The van der Waals surface area contributed by atoms with E-state index in [-0.39, 0.29) is 36.5 Å². The van der Waals surface area contributed by atoms with E-state index in [1.54, 1.807) is 24.3 Å². The summed E-state index contributed by atoms with van der Waals surface area (Å²) in [6.07, 6.45) is 1.48. The Morgan fingerprint density at radius 2 is 1.94 bits per heavy atom. The average molecular weight is 438 g/mol. The van der Waals surface area contributed by atoms with Crippen LogP contribution in [0.1, 0.15) is 11.1 Å². The topological polar surface area (TPSA) is 76.0 Å². The normalized spacial score (nSPS) is 15.6. The molecule has 2 aromatic rings. The molecule has 0 saturated heterocycles. The van der Waals surface area contributed by atoms with E-state index in [1.165, 1.54) is 17.0 Å². The molecule has 32 heavy (non-hydrogen) atoms. The van der Waals surface area contributed by atoms with Gasteiger partial charge in [0.2, 0.25) is 5.78 Å². The van der Waals surface area contributed by atoms with Gasteiger partial charge in [-0.05, 0) is 11.6 Å². The molecule has 1 heterocycles. The Labute approximate surface area is 183 Å². The molecule has 0 N–H and O–H groups in total. The minimum Gasteiger partial charge on any atom is -0.359 e. The second kappa shape index (κ2) is 10.5. The van der Waals surface area contributed by atoms with Gasteiger partial charge in [0.15, 0.2) is 12.4 Å². The van der Waals surface area contributed by atoms with Crippen molar-refractivity contribution in [1.82, 2.24) is 4.90 Å². The first-order valence-corrected chi connectivity index (χ1v) is 9.71. The van der Waals surface area contributed by atoms with E-state index < -0.39 is 29.4 Å². The number of rotatable bonds is 9. The lowest BCUT2D eigenvalue weighted by molar-refractivity contribution is -0.133. The molecule has 0 bridgehead atoms. The summed E-state index contributed by atoms with van der Waals surface area (Å²) in [5.41, 5.74) is 0.382. The lowest BCUT2D eigenvalue weighted by Crippen LogP contribution is -2.42. The Hall–Kier alpha value is -3.78. The molecule has 0 aromatic heterocycles. The van der Waals surface area contributed by atoms with Crippen molar-refractivity contribution in [2.75, 3.05) is 6.54 Å². The number of ketones is 1. The summed E-state index contributed by atoms with van der Waals surface area (Å²) >= 11 is 0. The molecule has 1 aliphatic heterocycles. The van der Waals surface area contributed by atoms with Crippen LogP contribution in [0.3, 0.4) is 0 Å². The summed E-state index contributed by atoms with van der Waals surface area (Å²) in [6, 6.07) is 12.0. The van der Waals surface area contributed by atoms with Crippen molar-refractivity contribution in [1.29, 1.82) is 0 Å². The molecular weight excluding hydrogens is 418 g/mol. The third-order valence-electron chi connectivity index (χ3n) is 4.74. The smallest absolute Gasteiger partial charge is 0.259 e. The number of carbonyl (C=O) groups is 3. The van der Waals surface area contributed by atoms with Crippen molar-refractivity contribution in [3.05, 3.63) is 95.7 Å². The molecule has 0 fully saturated rings. The van der Waals surface area contributed by atoms with Crippen molar-refractivity contribution in [2.45, 2.75) is 19.3 Å². The summed E-state index contributed by atoms with van der Waals surface area (Å²) in [5, 5.41) is 0. The maximum Gasteiger partial charge on any atom is 0.259 e. The number of benzene rings is 2. The van der Waals surface area contributed by atoms with Crippen LogP contribution in [0, 0.1) is 11.6 Å². The summed E-state index contributed by atoms with van der Waals surface area (Å²) in [4.78, 5) is 42.5. The van der Waals surface area contributed by atoms with E-state index in [9.17, 15) is 23.2 Å². The van der Waals surface area contributed by atoms with Crippen LogP contribution in [0.2, 0.25) is 0 Å². The maximum absolute atomic E-state index is 14.1. The lowest BCUT2D eigenvalue weighted by Gasteiger charge is -2.25. The van der Waals surface area contributed by atoms with Crippen LogP contribution in [0.15, 0.2) is 78.0 Å². The van der Waals surface area contributed by atoms with Gasteiger partial charge < -0.3 is 9.64 Å². The minimum atomic E-state index is -1.34. The Morgan fingerprint density at radius 1 is 1.19 bits per heavy atom. The highest BCUT2D eigenvalue weighted by molar-refractivity contribution is 6.41. The van der Waals surface area contributed by atoms with Crippen molar-refractivity contribution in [2.24, 2.45) is 4.99 Å². The van der Waals surface area contributed by atoms with Gasteiger partial charge in [-0.2, -0.15) is 0 Å². The fourth-order valence-corrected chi connectivity index (χ4v) is 3.11. The molecular formula is C24H20F2N2O4.